The molecule has 0 aliphatic rings. The van der Waals surface area contributed by atoms with Crippen LogP contribution in [-0.2, 0) is 12.8 Å². The van der Waals surface area contributed by atoms with E-state index in [9.17, 15) is 0 Å². The van der Waals surface area contributed by atoms with Gasteiger partial charge in [0.2, 0.25) is 0 Å². The first-order valence-corrected chi connectivity index (χ1v) is 7.78. The van der Waals surface area contributed by atoms with E-state index in [1.54, 1.807) is 18.0 Å². The molecule has 21 heavy (non-hydrogen) atoms. The number of pyridine rings is 1. The van der Waals surface area contributed by atoms with Crippen molar-refractivity contribution in [2.45, 2.75) is 10.9 Å². The third-order valence-electron chi connectivity index (χ3n) is 3.01. The summed E-state index contributed by atoms with van der Waals surface area (Å²) in [6, 6.07) is 13.6. The zero-order valence-electron chi connectivity index (χ0n) is 11.4. The molecular weight excluding hydrogens is 304 g/mol. The van der Waals surface area contributed by atoms with Crippen LogP contribution in [0.5, 0.6) is 0 Å². The van der Waals surface area contributed by atoms with Crippen LogP contribution < -0.4 is 0 Å². The maximum absolute atomic E-state index is 5.89. The second-order valence-corrected chi connectivity index (χ2v) is 5.87. The Hall–Kier alpha value is -1.85. The van der Waals surface area contributed by atoms with E-state index < -0.39 is 0 Å². The molecule has 0 amide bonds. The van der Waals surface area contributed by atoms with Crippen LogP contribution >= 0.6 is 23.4 Å². The lowest BCUT2D eigenvalue weighted by Crippen LogP contribution is -1.96. The number of aromatic nitrogens is 4. The second-order valence-electron chi connectivity index (χ2n) is 4.50. The van der Waals surface area contributed by atoms with Gasteiger partial charge in [-0.25, -0.2) is 0 Å². The van der Waals surface area contributed by atoms with Gasteiger partial charge >= 0.3 is 0 Å². The van der Waals surface area contributed by atoms with Crippen LogP contribution in [-0.4, -0.2) is 19.7 Å². The van der Waals surface area contributed by atoms with Gasteiger partial charge in [0.1, 0.15) is 5.69 Å². The smallest absolute Gasteiger partial charge is 0.191 e. The van der Waals surface area contributed by atoms with Crippen molar-refractivity contribution in [2.24, 2.45) is 7.05 Å². The number of hydrogen-bond donors (Lipinski definition) is 0. The molecule has 0 aliphatic heterocycles. The standard InChI is InChI=1S/C15H13ClN4S/c1-20-14(13-4-2-3-9-17-13)18-19-15(20)21-10-11-5-7-12(16)8-6-11/h2-9H,10H2,1H3. The Morgan fingerprint density at radius 2 is 1.90 bits per heavy atom. The van der Waals surface area contributed by atoms with Crippen LogP contribution in [0, 0.1) is 0 Å². The molecule has 2 aromatic heterocycles. The highest BCUT2D eigenvalue weighted by Gasteiger charge is 2.11. The first kappa shape index (κ1) is 14.1. The SMILES string of the molecule is Cn1c(SCc2ccc(Cl)cc2)nnc1-c1ccccn1. The average molecular weight is 317 g/mol. The van der Waals surface area contributed by atoms with Gasteiger partial charge in [-0.1, -0.05) is 41.6 Å². The average Bonchev–Trinajstić information content (AvgIpc) is 2.89. The lowest BCUT2D eigenvalue weighted by Gasteiger charge is -2.03. The summed E-state index contributed by atoms with van der Waals surface area (Å²) >= 11 is 7.53. The third-order valence-corrected chi connectivity index (χ3v) is 4.35. The lowest BCUT2D eigenvalue weighted by atomic mass is 10.2. The largest absolute Gasteiger partial charge is 0.304 e. The Kier molecular flexibility index (Phi) is 4.22. The van der Waals surface area contributed by atoms with Gasteiger partial charge in [-0.15, -0.1) is 10.2 Å². The van der Waals surface area contributed by atoms with Crippen LogP contribution in [0.15, 0.2) is 53.8 Å². The quantitative estimate of drug-likeness (QED) is 0.686. The van der Waals surface area contributed by atoms with E-state index in [4.69, 9.17) is 11.6 Å². The minimum absolute atomic E-state index is 0.750. The van der Waals surface area contributed by atoms with Crippen molar-refractivity contribution in [3.8, 4) is 11.5 Å². The van der Waals surface area contributed by atoms with Crippen molar-refractivity contribution >= 4 is 23.4 Å². The van der Waals surface area contributed by atoms with Crippen molar-refractivity contribution in [1.29, 1.82) is 0 Å². The second kappa shape index (κ2) is 6.28. The number of thioether (sulfide) groups is 1. The number of rotatable bonds is 4. The molecule has 3 aromatic rings. The molecular formula is C15H13ClN4S. The molecule has 0 aliphatic carbocycles. The van der Waals surface area contributed by atoms with Crippen LogP contribution in [0.25, 0.3) is 11.5 Å². The molecule has 0 radical (unpaired) electrons. The van der Waals surface area contributed by atoms with Crippen molar-refractivity contribution in [2.75, 3.05) is 0 Å². The third kappa shape index (κ3) is 3.25. The molecule has 3 rings (SSSR count). The fourth-order valence-electron chi connectivity index (χ4n) is 1.89. The highest BCUT2D eigenvalue weighted by Crippen LogP contribution is 2.24. The lowest BCUT2D eigenvalue weighted by molar-refractivity contribution is 0.792. The maximum atomic E-state index is 5.89. The summed E-state index contributed by atoms with van der Waals surface area (Å²) in [5.74, 6) is 1.60. The molecule has 1 aromatic carbocycles. The maximum Gasteiger partial charge on any atom is 0.191 e. The molecule has 4 nitrogen and oxygen atoms in total. The van der Waals surface area contributed by atoms with Crippen LogP contribution in [0.4, 0.5) is 0 Å². The van der Waals surface area contributed by atoms with Gasteiger partial charge in [0.15, 0.2) is 11.0 Å². The van der Waals surface area contributed by atoms with Crippen molar-refractivity contribution in [1.82, 2.24) is 19.7 Å². The van der Waals surface area contributed by atoms with Crippen molar-refractivity contribution < 1.29 is 0 Å². The molecule has 0 bridgehead atoms. The van der Waals surface area contributed by atoms with Gasteiger partial charge in [-0.3, -0.25) is 4.98 Å². The molecule has 2 heterocycles. The topological polar surface area (TPSA) is 43.6 Å². The van der Waals surface area contributed by atoms with Crippen molar-refractivity contribution in [3.63, 3.8) is 0 Å². The Morgan fingerprint density at radius 1 is 1.10 bits per heavy atom. The minimum atomic E-state index is 0.750. The summed E-state index contributed by atoms with van der Waals surface area (Å²) in [5.41, 5.74) is 2.03. The summed E-state index contributed by atoms with van der Waals surface area (Å²) in [7, 11) is 1.95. The Morgan fingerprint density at radius 3 is 2.62 bits per heavy atom. The first-order valence-electron chi connectivity index (χ1n) is 6.42. The van der Waals surface area contributed by atoms with Crippen LogP contribution in [0.3, 0.4) is 0 Å². The summed E-state index contributed by atoms with van der Waals surface area (Å²) in [4.78, 5) is 4.30. The number of benzene rings is 1. The van der Waals surface area contributed by atoms with Gasteiger partial charge < -0.3 is 4.57 Å². The zero-order valence-corrected chi connectivity index (χ0v) is 13.0. The van der Waals surface area contributed by atoms with E-state index in [0.717, 1.165) is 27.5 Å². The molecule has 0 saturated heterocycles. The number of halogens is 1. The van der Waals surface area contributed by atoms with Crippen LogP contribution in [0.2, 0.25) is 5.02 Å². The van der Waals surface area contributed by atoms with E-state index >= 15 is 0 Å². The molecule has 0 atom stereocenters. The van der Waals surface area contributed by atoms with E-state index in [1.807, 2.05) is 54.1 Å². The molecule has 0 unspecified atom stereocenters. The van der Waals surface area contributed by atoms with Gasteiger partial charge in [0.25, 0.3) is 0 Å². The highest BCUT2D eigenvalue weighted by atomic mass is 35.5. The minimum Gasteiger partial charge on any atom is -0.304 e. The first-order chi connectivity index (χ1) is 10.2. The monoisotopic (exact) mass is 316 g/mol. The summed E-state index contributed by atoms with van der Waals surface area (Å²) < 4.78 is 1.96. The summed E-state index contributed by atoms with van der Waals surface area (Å²) in [6.07, 6.45) is 1.75. The number of hydrogen-bond acceptors (Lipinski definition) is 4. The van der Waals surface area contributed by atoms with E-state index in [2.05, 4.69) is 15.2 Å². The number of nitrogens with zero attached hydrogens (tertiary/aromatic N) is 4. The molecule has 0 saturated carbocycles. The molecule has 106 valence electrons. The molecule has 0 N–H and O–H groups in total. The summed E-state index contributed by atoms with van der Waals surface area (Å²) in [5, 5.41) is 10.1. The zero-order chi connectivity index (χ0) is 14.7. The fourth-order valence-corrected chi connectivity index (χ4v) is 2.88. The van der Waals surface area contributed by atoms with E-state index in [-0.39, 0.29) is 0 Å². The van der Waals surface area contributed by atoms with Crippen molar-refractivity contribution in [3.05, 3.63) is 59.2 Å². The van der Waals surface area contributed by atoms with Gasteiger partial charge in [-0.2, -0.15) is 0 Å². The highest BCUT2D eigenvalue weighted by molar-refractivity contribution is 7.98. The van der Waals surface area contributed by atoms with E-state index in [0.29, 0.717) is 0 Å². The van der Waals surface area contributed by atoms with Gasteiger partial charge in [0.05, 0.1) is 0 Å². The van der Waals surface area contributed by atoms with E-state index in [1.165, 1.54) is 5.56 Å². The molecule has 0 fully saturated rings. The Balaban J connectivity index is 1.75. The molecule has 0 spiro atoms. The van der Waals surface area contributed by atoms with Gasteiger partial charge in [-0.05, 0) is 29.8 Å². The predicted molar refractivity (Wildman–Crippen MR) is 85.2 cm³/mol. The van der Waals surface area contributed by atoms with Gasteiger partial charge in [0, 0.05) is 24.0 Å². The predicted octanol–water partition coefficient (Wildman–Crippen LogP) is 3.82. The van der Waals surface area contributed by atoms with Crippen LogP contribution in [0.1, 0.15) is 5.56 Å². The Labute approximate surface area is 132 Å². The fraction of sp³-hybridized carbons (Fsp3) is 0.133. The summed E-state index contributed by atoms with van der Waals surface area (Å²) in [6.45, 7) is 0. The normalized spacial score (nSPS) is 10.8. The Bertz CT molecular complexity index is 725. The molecule has 6 heteroatoms.